The zero-order valence-corrected chi connectivity index (χ0v) is 25.4. The highest BCUT2D eigenvalue weighted by atomic mass is 127. The number of carbonyl (C=O) groups excluding carboxylic acids is 1. The van der Waals surface area contributed by atoms with Crippen LogP contribution in [0.4, 0.5) is 5.69 Å². The van der Waals surface area contributed by atoms with Gasteiger partial charge >= 0.3 is 0 Å². The molecule has 2 atom stereocenters. The SMILES string of the molecule is CN(C)C(=O)c1ccc([C@@](O)(I)CN2CCN(c3ccc(OCCO)cc3Cl)[C@H](c3ccc(Cl)cc3)C2)nc1. The van der Waals surface area contributed by atoms with E-state index in [2.05, 4.69) is 14.8 Å². The fraction of sp³-hybridized carbons (Fsp3) is 0.357. The largest absolute Gasteiger partial charge is 0.491 e. The lowest BCUT2D eigenvalue weighted by Crippen LogP contribution is -2.51. The maximum Gasteiger partial charge on any atom is 0.254 e. The van der Waals surface area contributed by atoms with Crippen LogP contribution in [-0.4, -0.2) is 84.4 Å². The summed E-state index contributed by atoms with van der Waals surface area (Å²) in [5, 5.41) is 21.7. The summed E-state index contributed by atoms with van der Waals surface area (Å²) in [5.41, 5.74) is 2.91. The molecule has 2 N–H and O–H groups in total. The molecule has 0 unspecified atom stereocenters. The fourth-order valence-corrected chi connectivity index (χ4v) is 5.80. The average Bonchev–Trinajstić information content (AvgIpc) is 2.92. The Bertz CT molecular complexity index is 1280. The zero-order chi connectivity index (χ0) is 28.2. The maximum absolute atomic E-state index is 12.2. The highest BCUT2D eigenvalue weighted by molar-refractivity contribution is 14.1. The first-order valence-electron chi connectivity index (χ1n) is 12.5. The first-order chi connectivity index (χ1) is 18.6. The van der Waals surface area contributed by atoms with Gasteiger partial charge < -0.3 is 24.7 Å². The number of halogens is 3. The Morgan fingerprint density at radius 1 is 1.15 bits per heavy atom. The third-order valence-corrected chi connectivity index (χ3v) is 8.00. The number of aliphatic hydroxyl groups excluding tert-OH is 1. The monoisotopic (exact) mass is 684 g/mol. The molecule has 3 aromatic rings. The van der Waals surface area contributed by atoms with E-state index in [1.54, 1.807) is 32.3 Å². The molecule has 0 spiro atoms. The van der Waals surface area contributed by atoms with Gasteiger partial charge in [0, 0.05) is 57.6 Å². The Balaban J connectivity index is 1.55. The van der Waals surface area contributed by atoms with Gasteiger partial charge in [-0.2, -0.15) is 0 Å². The number of hydrogen-bond acceptors (Lipinski definition) is 7. The minimum atomic E-state index is -1.26. The predicted octanol–water partition coefficient (Wildman–Crippen LogP) is 4.60. The second kappa shape index (κ2) is 13.0. The molecule has 0 bridgehead atoms. The number of pyridine rings is 1. The van der Waals surface area contributed by atoms with Crippen molar-refractivity contribution in [1.82, 2.24) is 14.8 Å². The van der Waals surface area contributed by atoms with Gasteiger partial charge in [-0.15, -0.1) is 0 Å². The van der Waals surface area contributed by atoms with Gasteiger partial charge in [-0.25, -0.2) is 0 Å². The number of aromatic nitrogens is 1. The minimum absolute atomic E-state index is 0.0574. The van der Waals surface area contributed by atoms with Crippen molar-refractivity contribution in [3.05, 3.63) is 87.7 Å². The number of ether oxygens (including phenoxy) is 1. The second-order valence-electron chi connectivity index (χ2n) is 9.57. The average molecular weight is 685 g/mol. The van der Waals surface area contributed by atoms with Crippen LogP contribution in [0.2, 0.25) is 10.0 Å². The van der Waals surface area contributed by atoms with E-state index in [-0.39, 0.29) is 25.2 Å². The smallest absolute Gasteiger partial charge is 0.254 e. The summed E-state index contributed by atoms with van der Waals surface area (Å²) in [7, 11) is 3.38. The predicted molar refractivity (Wildman–Crippen MR) is 162 cm³/mol. The lowest BCUT2D eigenvalue weighted by atomic mass is 10.0. The van der Waals surface area contributed by atoms with E-state index in [4.69, 9.17) is 33.0 Å². The number of β-amino-alcohol motifs (C(OH)–C–C–N with tert-alkyl or cyclic N) is 1. The van der Waals surface area contributed by atoms with Gasteiger partial charge in [-0.3, -0.25) is 14.7 Å². The van der Waals surface area contributed by atoms with Crippen LogP contribution >= 0.6 is 45.8 Å². The third-order valence-electron chi connectivity index (χ3n) is 6.55. The van der Waals surface area contributed by atoms with Crippen molar-refractivity contribution in [2.45, 2.75) is 9.65 Å². The normalized spacial score (nSPS) is 17.5. The topological polar surface area (TPSA) is 89.4 Å². The number of rotatable bonds is 9. The van der Waals surface area contributed by atoms with Crippen LogP contribution in [-0.2, 0) is 3.61 Å². The summed E-state index contributed by atoms with van der Waals surface area (Å²) < 4.78 is 4.26. The fourth-order valence-electron chi connectivity index (χ4n) is 4.60. The molecule has 1 aromatic heterocycles. The number of nitrogens with zero attached hydrogens (tertiary/aromatic N) is 4. The Kier molecular flexibility index (Phi) is 9.95. The van der Waals surface area contributed by atoms with Gasteiger partial charge in [0.05, 0.1) is 34.6 Å². The number of carbonyl (C=O) groups is 1. The van der Waals surface area contributed by atoms with Crippen LogP contribution in [0.15, 0.2) is 60.8 Å². The quantitative estimate of drug-likeness (QED) is 0.252. The third kappa shape index (κ3) is 7.33. The molecule has 39 heavy (non-hydrogen) atoms. The van der Waals surface area contributed by atoms with Crippen molar-refractivity contribution in [3.63, 3.8) is 0 Å². The van der Waals surface area contributed by atoms with Gasteiger partial charge in [0.25, 0.3) is 5.91 Å². The van der Waals surface area contributed by atoms with Crippen LogP contribution in [0, 0.1) is 0 Å². The molecular weight excluding hydrogens is 654 g/mol. The Hall–Kier alpha value is -2.15. The second-order valence-corrected chi connectivity index (χ2v) is 12.2. The number of hydrogen-bond donors (Lipinski definition) is 2. The van der Waals surface area contributed by atoms with E-state index in [9.17, 15) is 9.90 Å². The minimum Gasteiger partial charge on any atom is -0.491 e. The zero-order valence-electron chi connectivity index (χ0n) is 21.7. The first kappa shape index (κ1) is 29.8. The summed E-state index contributed by atoms with van der Waals surface area (Å²) in [5.74, 6) is 0.458. The lowest BCUT2D eigenvalue weighted by Gasteiger charge is -2.44. The molecule has 8 nitrogen and oxygen atoms in total. The van der Waals surface area contributed by atoms with Crippen LogP contribution in [0.25, 0.3) is 0 Å². The molecule has 1 amide bonds. The summed E-state index contributed by atoms with van der Waals surface area (Å²) in [6.45, 7) is 2.46. The number of aliphatic hydroxyl groups is 2. The van der Waals surface area contributed by atoms with Crippen molar-refractivity contribution < 1.29 is 19.7 Å². The standard InChI is InChI=1S/C28H31Cl2IN4O4/c1-33(2)27(37)20-5-10-26(32-16-20)28(31,38)18-34-11-12-35(25(17-34)19-3-6-21(29)7-4-19)24-9-8-22(15-23(24)30)39-14-13-36/h3-10,15-16,25,36,38H,11-14,17-18H2,1-2H3/t25-,28+/m0/s1. The summed E-state index contributed by atoms with van der Waals surface area (Å²) >= 11 is 14.9. The van der Waals surface area contributed by atoms with Gasteiger partial charge in [0.2, 0.25) is 0 Å². The van der Waals surface area contributed by atoms with E-state index in [1.165, 1.54) is 11.1 Å². The number of amides is 1. The first-order valence-corrected chi connectivity index (χ1v) is 14.3. The molecule has 0 aliphatic carbocycles. The molecule has 4 rings (SSSR count). The van der Waals surface area contributed by atoms with Crippen molar-refractivity contribution in [2.24, 2.45) is 0 Å². The van der Waals surface area contributed by atoms with Crippen LogP contribution < -0.4 is 9.64 Å². The van der Waals surface area contributed by atoms with E-state index in [1.807, 2.05) is 59.0 Å². The van der Waals surface area contributed by atoms with E-state index in [0.29, 0.717) is 53.2 Å². The molecule has 208 valence electrons. The molecule has 0 saturated carbocycles. The molecule has 2 aromatic carbocycles. The number of anilines is 1. The highest BCUT2D eigenvalue weighted by Crippen LogP contribution is 2.38. The van der Waals surface area contributed by atoms with Gasteiger partial charge in [-0.1, -0.05) is 35.3 Å². The van der Waals surface area contributed by atoms with E-state index < -0.39 is 3.61 Å². The molecule has 2 heterocycles. The molecule has 1 saturated heterocycles. The summed E-state index contributed by atoms with van der Waals surface area (Å²) in [4.78, 5) is 22.6. The lowest BCUT2D eigenvalue weighted by molar-refractivity contribution is 0.0810. The van der Waals surface area contributed by atoms with Crippen molar-refractivity contribution in [2.75, 3.05) is 58.4 Å². The Morgan fingerprint density at radius 3 is 2.51 bits per heavy atom. The summed E-state index contributed by atoms with van der Waals surface area (Å²) in [6.07, 6.45) is 1.51. The molecular formula is C28H31Cl2IN4O4. The Labute approximate surface area is 252 Å². The van der Waals surface area contributed by atoms with E-state index >= 15 is 0 Å². The van der Waals surface area contributed by atoms with Crippen molar-refractivity contribution in [3.8, 4) is 5.75 Å². The number of benzene rings is 2. The van der Waals surface area contributed by atoms with Crippen LogP contribution in [0.1, 0.15) is 27.7 Å². The molecule has 1 fully saturated rings. The van der Waals surface area contributed by atoms with Crippen LogP contribution in [0.5, 0.6) is 5.75 Å². The van der Waals surface area contributed by atoms with Gasteiger partial charge in [0.1, 0.15) is 12.4 Å². The van der Waals surface area contributed by atoms with Gasteiger partial charge in [-0.05, 0) is 64.6 Å². The number of piperazine rings is 1. The summed E-state index contributed by atoms with van der Waals surface area (Å²) in [6, 6.07) is 16.6. The molecule has 1 aliphatic rings. The molecule has 11 heteroatoms. The number of alkyl halides is 1. The van der Waals surface area contributed by atoms with Gasteiger partial charge in [0.15, 0.2) is 3.61 Å². The van der Waals surface area contributed by atoms with Crippen molar-refractivity contribution in [1.29, 1.82) is 0 Å². The van der Waals surface area contributed by atoms with E-state index in [0.717, 1.165) is 11.3 Å². The van der Waals surface area contributed by atoms with Crippen molar-refractivity contribution >= 4 is 57.4 Å². The molecule has 1 aliphatic heterocycles. The Morgan fingerprint density at radius 2 is 1.90 bits per heavy atom. The van der Waals surface area contributed by atoms with Crippen LogP contribution in [0.3, 0.4) is 0 Å². The maximum atomic E-state index is 12.2. The molecule has 0 radical (unpaired) electrons. The highest BCUT2D eigenvalue weighted by Gasteiger charge is 2.36.